The number of carbonyl (C=O) groups excluding carboxylic acids is 1. The predicted molar refractivity (Wildman–Crippen MR) is 95.3 cm³/mol. The van der Waals surface area contributed by atoms with Crippen molar-refractivity contribution in [2.75, 3.05) is 11.9 Å². The monoisotopic (exact) mass is 341 g/mol. The van der Waals surface area contributed by atoms with Crippen molar-refractivity contribution in [1.82, 2.24) is 9.38 Å². The lowest BCUT2D eigenvalue weighted by atomic mass is 10.1. The number of hydrogen-bond acceptors (Lipinski definition) is 4. The Morgan fingerprint density at radius 3 is 2.92 bits per heavy atom. The third kappa shape index (κ3) is 3.34. The molecular formula is C18H19N3O2S. The zero-order valence-corrected chi connectivity index (χ0v) is 14.3. The smallest absolute Gasteiger partial charge is 0.253 e. The fourth-order valence-electron chi connectivity index (χ4n) is 2.48. The molecular weight excluding hydrogens is 322 g/mol. The van der Waals surface area contributed by atoms with Gasteiger partial charge < -0.3 is 10.1 Å². The number of thiazole rings is 1. The van der Waals surface area contributed by atoms with Gasteiger partial charge in [-0.05, 0) is 37.8 Å². The Labute approximate surface area is 144 Å². The van der Waals surface area contributed by atoms with Gasteiger partial charge in [0.15, 0.2) is 4.96 Å². The third-order valence-corrected chi connectivity index (χ3v) is 4.96. The van der Waals surface area contributed by atoms with Crippen LogP contribution in [0.25, 0.3) is 16.2 Å². The van der Waals surface area contributed by atoms with Crippen LogP contribution in [-0.4, -0.2) is 28.0 Å². The lowest BCUT2D eigenvalue weighted by molar-refractivity contribution is -0.126. The zero-order chi connectivity index (χ0) is 16.5. The number of imidazole rings is 1. The van der Waals surface area contributed by atoms with Crippen molar-refractivity contribution in [1.29, 1.82) is 0 Å². The van der Waals surface area contributed by atoms with Gasteiger partial charge in [-0.3, -0.25) is 9.20 Å². The number of aromatic nitrogens is 2. The van der Waals surface area contributed by atoms with E-state index in [0.717, 1.165) is 21.9 Å². The Morgan fingerprint density at radius 1 is 1.42 bits per heavy atom. The van der Waals surface area contributed by atoms with E-state index >= 15 is 0 Å². The summed E-state index contributed by atoms with van der Waals surface area (Å²) in [6.45, 7) is 2.48. The van der Waals surface area contributed by atoms with Crippen LogP contribution in [0.15, 0.2) is 42.0 Å². The minimum atomic E-state index is -0.426. The van der Waals surface area contributed by atoms with E-state index in [-0.39, 0.29) is 5.91 Å². The average molecular weight is 341 g/mol. The third-order valence-electron chi connectivity index (χ3n) is 4.19. The fraction of sp³-hybridized carbons (Fsp3) is 0.333. The number of anilines is 1. The molecule has 124 valence electrons. The van der Waals surface area contributed by atoms with Crippen molar-refractivity contribution in [2.24, 2.45) is 5.92 Å². The number of fused-ring (bicyclic) bond motifs is 1. The van der Waals surface area contributed by atoms with Gasteiger partial charge in [0, 0.05) is 29.0 Å². The number of nitrogens with zero attached hydrogens (tertiary/aromatic N) is 2. The Bertz CT molecular complexity index is 820. The molecule has 2 aromatic heterocycles. The molecule has 0 saturated heterocycles. The second kappa shape index (κ2) is 6.37. The summed E-state index contributed by atoms with van der Waals surface area (Å²) in [6, 6.07) is 7.73. The van der Waals surface area contributed by atoms with E-state index in [1.807, 2.05) is 46.4 Å². The first-order valence-corrected chi connectivity index (χ1v) is 9.02. The van der Waals surface area contributed by atoms with Crippen molar-refractivity contribution in [2.45, 2.75) is 25.9 Å². The average Bonchev–Trinajstić information content (AvgIpc) is 3.17. The lowest BCUT2D eigenvalue weighted by Crippen LogP contribution is -2.28. The molecule has 0 aliphatic heterocycles. The summed E-state index contributed by atoms with van der Waals surface area (Å²) < 4.78 is 7.60. The molecule has 1 aliphatic carbocycles. The van der Waals surface area contributed by atoms with Crippen molar-refractivity contribution in [3.63, 3.8) is 0 Å². The summed E-state index contributed by atoms with van der Waals surface area (Å²) in [6.07, 6.45) is 6.02. The molecule has 0 radical (unpaired) electrons. The van der Waals surface area contributed by atoms with Crippen molar-refractivity contribution in [3.05, 3.63) is 42.0 Å². The summed E-state index contributed by atoms with van der Waals surface area (Å²) in [5, 5.41) is 4.91. The van der Waals surface area contributed by atoms with E-state index in [1.54, 1.807) is 18.3 Å². The van der Waals surface area contributed by atoms with Crippen LogP contribution in [0.3, 0.4) is 0 Å². The minimum absolute atomic E-state index is 0.106. The maximum atomic E-state index is 12.1. The Balaban J connectivity index is 1.39. The molecule has 1 N–H and O–H groups in total. The first kappa shape index (κ1) is 15.4. The summed E-state index contributed by atoms with van der Waals surface area (Å²) in [4.78, 5) is 17.7. The molecule has 1 amide bonds. The Hall–Kier alpha value is -2.18. The minimum Gasteiger partial charge on any atom is -0.368 e. The van der Waals surface area contributed by atoms with Crippen LogP contribution < -0.4 is 5.32 Å². The van der Waals surface area contributed by atoms with E-state index in [4.69, 9.17) is 4.74 Å². The first-order chi connectivity index (χ1) is 11.7. The molecule has 2 heterocycles. The number of nitrogens with one attached hydrogen (secondary N) is 1. The topological polar surface area (TPSA) is 55.6 Å². The van der Waals surface area contributed by atoms with Crippen LogP contribution in [0.4, 0.5) is 5.69 Å². The SMILES string of the molecule is C[C@H](OCC1CC1)C(=O)Nc1ccc(-c2cn3ccsc3n2)cc1. The first-order valence-electron chi connectivity index (χ1n) is 8.14. The molecule has 4 rings (SSSR count). The largest absolute Gasteiger partial charge is 0.368 e. The van der Waals surface area contributed by atoms with Crippen LogP contribution >= 0.6 is 11.3 Å². The van der Waals surface area contributed by atoms with Gasteiger partial charge in [0.25, 0.3) is 5.91 Å². The second-order valence-electron chi connectivity index (χ2n) is 6.20. The molecule has 0 bridgehead atoms. The molecule has 1 atom stereocenters. The molecule has 5 nitrogen and oxygen atoms in total. The number of benzene rings is 1. The molecule has 6 heteroatoms. The highest BCUT2D eigenvalue weighted by atomic mass is 32.1. The molecule has 1 fully saturated rings. The van der Waals surface area contributed by atoms with Crippen LogP contribution in [-0.2, 0) is 9.53 Å². The number of ether oxygens (including phenoxy) is 1. The molecule has 0 spiro atoms. The molecule has 0 unspecified atom stereocenters. The van der Waals surface area contributed by atoms with Crippen LogP contribution in [0, 0.1) is 5.92 Å². The molecule has 1 saturated carbocycles. The van der Waals surface area contributed by atoms with Gasteiger partial charge in [0.2, 0.25) is 0 Å². The number of carbonyl (C=O) groups is 1. The van der Waals surface area contributed by atoms with E-state index in [1.165, 1.54) is 12.8 Å². The maximum Gasteiger partial charge on any atom is 0.253 e. The molecule has 24 heavy (non-hydrogen) atoms. The number of rotatable bonds is 6. The maximum absolute atomic E-state index is 12.1. The highest BCUT2D eigenvalue weighted by Gasteiger charge is 2.24. The normalized spacial score (nSPS) is 15.5. The summed E-state index contributed by atoms with van der Waals surface area (Å²) in [5.74, 6) is 0.551. The van der Waals surface area contributed by atoms with Gasteiger partial charge in [-0.2, -0.15) is 0 Å². The van der Waals surface area contributed by atoms with Gasteiger partial charge in [0.05, 0.1) is 12.3 Å². The van der Waals surface area contributed by atoms with Crippen LogP contribution in [0.1, 0.15) is 19.8 Å². The highest BCUT2D eigenvalue weighted by Crippen LogP contribution is 2.29. The molecule has 3 aromatic rings. The van der Waals surface area contributed by atoms with Crippen molar-refractivity contribution >= 4 is 27.9 Å². The van der Waals surface area contributed by atoms with E-state index in [9.17, 15) is 4.79 Å². The number of amides is 1. The Kier molecular flexibility index (Phi) is 4.08. The standard InChI is InChI=1S/C18H19N3O2S/c1-12(23-11-13-2-3-13)17(22)19-15-6-4-14(5-7-15)16-10-21-8-9-24-18(21)20-16/h4-10,12-13H,2-3,11H2,1H3,(H,19,22)/t12-/m0/s1. The van der Waals surface area contributed by atoms with E-state index < -0.39 is 6.10 Å². The van der Waals surface area contributed by atoms with Crippen LogP contribution in [0.5, 0.6) is 0 Å². The summed E-state index contributed by atoms with van der Waals surface area (Å²) >= 11 is 1.61. The molecule has 1 aromatic carbocycles. The van der Waals surface area contributed by atoms with Crippen molar-refractivity contribution < 1.29 is 9.53 Å². The summed E-state index contributed by atoms with van der Waals surface area (Å²) in [7, 11) is 0. The highest BCUT2D eigenvalue weighted by molar-refractivity contribution is 7.15. The quantitative estimate of drug-likeness (QED) is 0.741. The van der Waals surface area contributed by atoms with Gasteiger partial charge in [-0.15, -0.1) is 11.3 Å². The van der Waals surface area contributed by atoms with Gasteiger partial charge >= 0.3 is 0 Å². The lowest BCUT2D eigenvalue weighted by Gasteiger charge is -2.13. The second-order valence-corrected chi connectivity index (χ2v) is 7.08. The predicted octanol–water partition coefficient (Wildman–Crippen LogP) is 3.82. The zero-order valence-electron chi connectivity index (χ0n) is 13.4. The Morgan fingerprint density at radius 2 is 2.21 bits per heavy atom. The number of hydrogen-bond donors (Lipinski definition) is 1. The van der Waals surface area contributed by atoms with Gasteiger partial charge in [0.1, 0.15) is 6.10 Å². The van der Waals surface area contributed by atoms with E-state index in [0.29, 0.717) is 12.5 Å². The van der Waals surface area contributed by atoms with Crippen molar-refractivity contribution in [3.8, 4) is 11.3 Å². The van der Waals surface area contributed by atoms with E-state index in [2.05, 4.69) is 10.3 Å². The van der Waals surface area contributed by atoms with Gasteiger partial charge in [-0.25, -0.2) is 4.98 Å². The van der Waals surface area contributed by atoms with Crippen LogP contribution in [0.2, 0.25) is 0 Å². The summed E-state index contributed by atoms with van der Waals surface area (Å²) in [5.41, 5.74) is 2.73. The fourth-order valence-corrected chi connectivity index (χ4v) is 3.18. The van der Waals surface area contributed by atoms with Gasteiger partial charge in [-0.1, -0.05) is 12.1 Å². The molecule has 1 aliphatic rings.